The number of nitrogens with zero attached hydrogens (tertiary/aromatic N) is 4. The van der Waals surface area contributed by atoms with Crippen molar-refractivity contribution in [2.24, 2.45) is 0 Å². The van der Waals surface area contributed by atoms with Gasteiger partial charge in [0.1, 0.15) is 11.6 Å². The molecule has 3 aromatic heterocycles. The summed E-state index contributed by atoms with van der Waals surface area (Å²) in [5.41, 5.74) is 2.13. The number of aliphatic hydroxyl groups excluding tert-OH is 1. The number of imidazole rings is 1. The Bertz CT molecular complexity index is 1310. The van der Waals surface area contributed by atoms with Gasteiger partial charge in [0.2, 0.25) is 0 Å². The van der Waals surface area contributed by atoms with Crippen LogP contribution in [0.25, 0.3) is 17.0 Å². The molecular formula is C22H20N6O3. The van der Waals surface area contributed by atoms with Crippen molar-refractivity contribution in [3.05, 3.63) is 82.4 Å². The number of amides is 1. The Labute approximate surface area is 177 Å². The van der Waals surface area contributed by atoms with Gasteiger partial charge in [-0.15, -0.1) is 0 Å². The van der Waals surface area contributed by atoms with Gasteiger partial charge in [0.05, 0.1) is 23.7 Å². The molecule has 1 atom stereocenters. The molecule has 0 fully saturated rings. The van der Waals surface area contributed by atoms with Gasteiger partial charge in [0, 0.05) is 19.3 Å². The van der Waals surface area contributed by atoms with E-state index in [4.69, 9.17) is 4.98 Å². The number of aliphatic hydroxyl groups is 1. The van der Waals surface area contributed by atoms with Crippen LogP contribution in [0.3, 0.4) is 0 Å². The minimum atomic E-state index is -0.436. The summed E-state index contributed by atoms with van der Waals surface area (Å²) < 4.78 is 1.44. The lowest BCUT2D eigenvalue weighted by molar-refractivity contribution is 0.0924. The first-order valence-corrected chi connectivity index (χ1v) is 9.92. The number of rotatable bonds is 4. The minimum absolute atomic E-state index is 0.189. The van der Waals surface area contributed by atoms with Crippen LogP contribution in [-0.4, -0.2) is 49.7 Å². The van der Waals surface area contributed by atoms with Gasteiger partial charge in [-0.25, -0.2) is 19.3 Å². The highest BCUT2D eigenvalue weighted by Crippen LogP contribution is 2.25. The lowest BCUT2D eigenvalue weighted by atomic mass is 10.2. The highest BCUT2D eigenvalue weighted by Gasteiger charge is 2.28. The van der Waals surface area contributed by atoms with Crippen LogP contribution in [0.5, 0.6) is 0 Å². The number of nitrogens with one attached hydrogen (secondary N) is 2. The Morgan fingerprint density at radius 2 is 1.90 bits per heavy atom. The minimum Gasteiger partial charge on any atom is -0.394 e. The number of aromatic nitrogens is 4. The van der Waals surface area contributed by atoms with Crippen molar-refractivity contribution in [3.63, 3.8) is 0 Å². The molecule has 9 nitrogen and oxygen atoms in total. The van der Waals surface area contributed by atoms with Gasteiger partial charge in [-0.2, -0.15) is 0 Å². The highest BCUT2D eigenvalue weighted by molar-refractivity contribution is 6.00. The molecule has 1 aliphatic heterocycles. The number of benzene rings is 1. The van der Waals surface area contributed by atoms with Crippen LogP contribution >= 0.6 is 0 Å². The van der Waals surface area contributed by atoms with Crippen molar-refractivity contribution in [1.29, 1.82) is 0 Å². The van der Waals surface area contributed by atoms with E-state index in [2.05, 4.69) is 15.3 Å². The number of carbonyl (C=O) groups excluding carboxylic acids is 1. The second-order valence-electron chi connectivity index (χ2n) is 7.40. The second kappa shape index (κ2) is 7.69. The largest absolute Gasteiger partial charge is 0.394 e. The summed E-state index contributed by atoms with van der Waals surface area (Å²) in [6.45, 7) is 0.691. The molecule has 31 heavy (non-hydrogen) atoms. The topological polar surface area (TPSA) is 116 Å². The van der Waals surface area contributed by atoms with Crippen LogP contribution in [0.2, 0.25) is 0 Å². The fourth-order valence-corrected chi connectivity index (χ4v) is 3.86. The van der Waals surface area contributed by atoms with Gasteiger partial charge in [-0.1, -0.05) is 30.3 Å². The normalized spacial score (nSPS) is 16.1. The van der Waals surface area contributed by atoms with Crippen molar-refractivity contribution in [2.45, 2.75) is 12.6 Å². The average molecular weight is 416 g/mol. The van der Waals surface area contributed by atoms with E-state index < -0.39 is 6.04 Å². The summed E-state index contributed by atoms with van der Waals surface area (Å²) in [6.07, 6.45) is 1.61. The number of hydrogen-bond acceptors (Lipinski definition) is 6. The second-order valence-corrected chi connectivity index (χ2v) is 7.40. The highest BCUT2D eigenvalue weighted by atomic mass is 16.3. The van der Waals surface area contributed by atoms with Gasteiger partial charge in [0.25, 0.3) is 5.91 Å². The molecule has 0 spiro atoms. The van der Waals surface area contributed by atoms with Crippen LogP contribution in [0.15, 0.2) is 65.6 Å². The maximum Gasteiger partial charge on any atom is 0.333 e. The first-order chi connectivity index (χ1) is 15.1. The Kier molecular flexibility index (Phi) is 4.72. The Morgan fingerprint density at radius 1 is 1.06 bits per heavy atom. The molecule has 0 radical (unpaired) electrons. The standard InChI is InChI=1S/C22H20N6O3/c29-13-15-12-27(11-14-5-2-1-3-6-14)20-16(21(30)24-15)8-9-18(25-20)28-17-7-4-10-23-19(17)26-22(28)31/h1-10,15,29H,11-13H2,(H,24,30)(H,23,26,31)/t15-/m0/s1. The molecule has 0 unspecified atom stereocenters. The molecule has 5 rings (SSSR count). The van der Waals surface area contributed by atoms with Crippen molar-refractivity contribution in [3.8, 4) is 5.82 Å². The number of hydrogen-bond donors (Lipinski definition) is 3. The van der Waals surface area contributed by atoms with Gasteiger partial charge in [-0.3, -0.25) is 9.78 Å². The molecule has 1 amide bonds. The molecular weight excluding hydrogens is 396 g/mol. The molecule has 4 aromatic rings. The maximum absolute atomic E-state index is 12.8. The van der Waals surface area contributed by atoms with E-state index in [0.717, 1.165) is 5.56 Å². The summed E-state index contributed by atoms with van der Waals surface area (Å²) in [6, 6.07) is 16.2. The zero-order chi connectivity index (χ0) is 21.4. The van der Waals surface area contributed by atoms with E-state index in [1.807, 2.05) is 35.2 Å². The van der Waals surface area contributed by atoms with Crippen molar-refractivity contribution in [2.75, 3.05) is 18.1 Å². The Morgan fingerprint density at radius 3 is 2.71 bits per heavy atom. The fraction of sp³-hybridized carbons (Fsp3) is 0.182. The van der Waals surface area contributed by atoms with E-state index >= 15 is 0 Å². The van der Waals surface area contributed by atoms with Gasteiger partial charge < -0.3 is 15.3 Å². The number of pyridine rings is 2. The van der Waals surface area contributed by atoms with E-state index in [1.54, 1.807) is 30.5 Å². The number of aromatic amines is 1. The smallest absolute Gasteiger partial charge is 0.333 e. The van der Waals surface area contributed by atoms with Crippen molar-refractivity contribution in [1.82, 2.24) is 24.8 Å². The van der Waals surface area contributed by atoms with Gasteiger partial charge >= 0.3 is 5.69 Å². The molecule has 0 saturated heterocycles. The molecule has 156 valence electrons. The molecule has 9 heteroatoms. The summed E-state index contributed by atoms with van der Waals surface area (Å²) in [5, 5.41) is 12.6. The molecule has 4 heterocycles. The molecule has 0 bridgehead atoms. The summed E-state index contributed by atoms with van der Waals surface area (Å²) in [7, 11) is 0. The molecule has 1 aromatic carbocycles. The molecule has 1 aliphatic rings. The predicted molar refractivity (Wildman–Crippen MR) is 115 cm³/mol. The van der Waals surface area contributed by atoms with E-state index in [1.165, 1.54) is 4.57 Å². The van der Waals surface area contributed by atoms with Crippen LogP contribution in [0.1, 0.15) is 15.9 Å². The zero-order valence-electron chi connectivity index (χ0n) is 16.5. The molecule has 3 N–H and O–H groups in total. The maximum atomic E-state index is 12.8. The van der Waals surface area contributed by atoms with E-state index in [-0.39, 0.29) is 18.2 Å². The SMILES string of the molecule is O=C1N[C@H](CO)CN(Cc2ccccc2)c2nc(-n3c(=O)[nH]c4ncccc43)ccc21. The number of anilines is 1. The van der Waals surface area contributed by atoms with E-state index in [0.29, 0.717) is 41.5 Å². The van der Waals surface area contributed by atoms with Crippen LogP contribution in [0, 0.1) is 0 Å². The Hall–Kier alpha value is -3.98. The zero-order valence-corrected chi connectivity index (χ0v) is 16.5. The number of carbonyl (C=O) groups is 1. The van der Waals surface area contributed by atoms with E-state index in [9.17, 15) is 14.7 Å². The van der Waals surface area contributed by atoms with Crippen molar-refractivity contribution >= 4 is 22.9 Å². The summed E-state index contributed by atoms with van der Waals surface area (Å²) in [4.78, 5) is 39.0. The van der Waals surface area contributed by atoms with Crippen LogP contribution in [-0.2, 0) is 6.54 Å². The third kappa shape index (κ3) is 3.44. The first kappa shape index (κ1) is 19.0. The van der Waals surface area contributed by atoms with Crippen LogP contribution in [0.4, 0.5) is 5.82 Å². The monoisotopic (exact) mass is 416 g/mol. The Balaban J connectivity index is 1.65. The van der Waals surface area contributed by atoms with Crippen molar-refractivity contribution < 1.29 is 9.90 Å². The fourth-order valence-electron chi connectivity index (χ4n) is 3.86. The average Bonchev–Trinajstić information content (AvgIpc) is 3.07. The molecule has 0 aliphatic carbocycles. The number of fused-ring (bicyclic) bond motifs is 2. The van der Waals surface area contributed by atoms with Gasteiger partial charge in [0.15, 0.2) is 5.65 Å². The summed E-state index contributed by atoms with van der Waals surface area (Å²) >= 11 is 0. The van der Waals surface area contributed by atoms with Crippen LogP contribution < -0.4 is 15.9 Å². The third-order valence-corrected chi connectivity index (χ3v) is 5.30. The quantitative estimate of drug-likeness (QED) is 0.461. The number of H-pyrrole nitrogens is 1. The van der Waals surface area contributed by atoms with Gasteiger partial charge in [-0.05, 0) is 29.8 Å². The lowest BCUT2D eigenvalue weighted by Crippen LogP contribution is -2.42. The summed E-state index contributed by atoms with van der Waals surface area (Å²) in [5.74, 6) is 0.535. The first-order valence-electron chi connectivity index (χ1n) is 9.92. The third-order valence-electron chi connectivity index (χ3n) is 5.30. The lowest BCUT2D eigenvalue weighted by Gasteiger charge is -2.26. The predicted octanol–water partition coefficient (Wildman–Crippen LogP) is 1.22. The molecule has 0 saturated carbocycles.